The Balaban J connectivity index is 0.00000132. The first-order valence-electron chi connectivity index (χ1n) is 6.74. The van der Waals surface area contributed by atoms with Gasteiger partial charge >= 0.3 is 5.76 Å². The maximum absolute atomic E-state index is 11.5. The number of benzene rings is 1. The number of hydrogen-bond donors (Lipinski definition) is 2. The van der Waals surface area contributed by atoms with Crippen LogP contribution in [-0.4, -0.2) is 16.1 Å². The Morgan fingerprint density at radius 2 is 2.14 bits per heavy atom. The second-order valence-electron chi connectivity index (χ2n) is 5.22. The van der Waals surface area contributed by atoms with Crippen molar-refractivity contribution in [1.82, 2.24) is 14.9 Å². The minimum Gasteiger partial charge on any atom is -0.408 e. The van der Waals surface area contributed by atoms with Crippen molar-refractivity contribution < 1.29 is 4.42 Å². The number of fused-ring (bicyclic) bond motifs is 2. The predicted octanol–water partition coefficient (Wildman–Crippen LogP) is 2.19. The van der Waals surface area contributed by atoms with E-state index in [2.05, 4.69) is 16.4 Å². The number of aryl methyl sites for hydroxylation is 1. The zero-order valence-corrected chi connectivity index (χ0v) is 12.4. The number of rotatable bonds is 1. The van der Waals surface area contributed by atoms with Crippen molar-refractivity contribution in [3.63, 3.8) is 0 Å². The van der Waals surface area contributed by atoms with Gasteiger partial charge in [0.2, 0.25) is 0 Å². The molecule has 21 heavy (non-hydrogen) atoms. The Bertz CT molecular complexity index is 836. The van der Waals surface area contributed by atoms with Crippen molar-refractivity contribution in [2.24, 2.45) is 7.05 Å². The van der Waals surface area contributed by atoms with Crippen molar-refractivity contribution in [1.29, 1.82) is 0 Å². The molecule has 3 aromatic rings. The van der Waals surface area contributed by atoms with Crippen LogP contribution in [0.15, 0.2) is 33.5 Å². The zero-order valence-electron chi connectivity index (χ0n) is 11.6. The standard InChI is InChI=1S/C15H15N3O2.ClH/c1-18-13-3-2-9(7-14(13)20-15(18)19)12-6-10-8-16-5-4-11(10)17-12;/h2-3,6-7,16-17H,4-5,8H2,1H3;1H. The van der Waals surface area contributed by atoms with E-state index in [1.807, 2.05) is 18.2 Å². The fourth-order valence-corrected chi connectivity index (χ4v) is 2.81. The third-order valence-corrected chi connectivity index (χ3v) is 3.96. The van der Waals surface area contributed by atoms with E-state index in [1.165, 1.54) is 15.8 Å². The highest BCUT2D eigenvalue weighted by Crippen LogP contribution is 2.26. The van der Waals surface area contributed by atoms with Crippen molar-refractivity contribution in [2.75, 3.05) is 6.54 Å². The predicted molar refractivity (Wildman–Crippen MR) is 83.9 cm³/mol. The van der Waals surface area contributed by atoms with E-state index in [4.69, 9.17) is 4.42 Å². The molecule has 0 fully saturated rings. The van der Waals surface area contributed by atoms with E-state index in [0.717, 1.165) is 36.3 Å². The molecule has 0 aliphatic carbocycles. The first-order valence-corrected chi connectivity index (χ1v) is 6.74. The Morgan fingerprint density at radius 1 is 1.29 bits per heavy atom. The van der Waals surface area contributed by atoms with Crippen LogP contribution in [0.3, 0.4) is 0 Å². The molecule has 0 spiro atoms. The van der Waals surface area contributed by atoms with Crippen LogP contribution in [-0.2, 0) is 20.0 Å². The smallest absolute Gasteiger partial charge is 0.408 e. The lowest BCUT2D eigenvalue weighted by molar-refractivity contribution is 0.528. The molecule has 1 aliphatic rings. The maximum atomic E-state index is 11.5. The summed E-state index contributed by atoms with van der Waals surface area (Å²) in [7, 11) is 1.72. The van der Waals surface area contributed by atoms with Crippen LogP contribution in [0, 0.1) is 0 Å². The molecule has 110 valence electrons. The number of nitrogens with one attached hydrogen (secondary N) is 2. The normalized spacial score (nSPS) is 14.0. The monoisotopic (exact) mass is 305 g/mol. The van der Waals surface area contributed by atoms with E-state index in [9.17, 15) is 4.79 Å². The molecule has 2 aromatic heterocycles. The largest absolute Gasteiger partial charge is 0.419 e. The van der Waals surface area contributed by atoms with Crippen LogP contribution in [0.4, 0.5) is 0 Å². The van der Waals surface area contributed by atoms with Crippen LogP contribution in [0.5, 0.6) is 0 Å². The SMILES string of the molecule is Cl.Cn1c(=O)oc2cc(-c3cc4c([nH]3)CCNC4)ccc21. The van der Waals surface area contributed by atoms with Gasteiger partial charge in [0.15, 0.2) is 5.58 Å². The molecule has 3 heterocycles. The van der Waals surface area contributed by atoms with Gasteiger partial charge in [-0.2, -0.15) is 0 Å². The first-order chi connectivity index (χ1) is 9.72. The molecule has 1 aliphatic heterocycles. The van der Waals surface area contributed by atoms with Crippen LogP contribution in [0.25, 0.3) is 22.4 Å². The second kappa shape index (κ2) is 5.09. The summed E-state index contributed by atoms with van der Waals surface area (Å²) < 4.78 is 6.76. The minimum atomic E-state index is -0.327. The number of hydrogen-bond acceptors (Lipinski definition) is 3. The van der Waals surface area contributed by atoms with E-state index in [-0.39, 0.29) is 18.2 Å². The molecule has 6 heteroatoms. The first kappa shape index (κ1) is 14.0. The number of nitrogens with zero attached hydrogens (tertiary/aromatic N) is 1. The third kappa shape index (κ3) is 2.18. The quantitative estimate of drug-likeness (QED) is 0.724. The highest BCUT2D eigenvalue weighted by molar-refractivity contribution is 5.85. The summed E-state index contributed by atoms with van der Waals surface area (Å²) >= 11 is 0. The van der Waals surface area contributed by atoms with Gasteiger partial charge in [0.1, 0.15) is 0 Å². The van der Waals surface area contributed by atoms with Gasteiger partial charge in [0, 0.05) is 43.5 Å². The Labute approximate surface area is 127 Å². The molecule has 1 aromatic carbocycles. The topological polar surface area (TPSA) is 63.0 Å². The molecule has 0 unspecified atom stereocenters. The van der Waals surface area contributed by atoms with Crippen molar-refractivity contribution >= 4 is 23.5 Å². The molecule has 2 N–H and O–H groups in total. The Morgan fingerprint density at radius 3 is 2.95 bits per heavy atom. The minimum absolute atomic E-state index is 0. The van der Waals surface area contributed by atoms with Gasteiger partial charge in [0.05, 0.1) is 5.52 Å². The maximum Gasteiger partial charge on any atom is 0.419 e. The van der Waals surface area contributed by atoms with Gasteiger partial charge in [-0.05, 0) is 23.8 Å². The summed E-state index contributed by atoms with van der Waals surface area (Å²) in [5, 5.41) is 3.36. The zero-order chi connectivity index (χ0) is 13.7. The molecule has 0 amide bonds. The van der Waals surface area contributed by atoms with Gasteiger partial charge < -0.3 is 14.7 Å². The lowest BCUT2D eigenvalue weighted by Gasteiger charge is -2.11. The summed E-state index contributed by atoms with van der Waals surface area (Å²) in [5.41, 5.74) is 6.18. The van der Waals surface area contributed by atoms with E-state index in [0.29, 0.717) is 5.58 Å². The van der Waals surface area contributed by atoms with Crippen LogP contribution in [0.1, 0.15) is 11.3 Å². The highest BCUT2D eigenvalue weighted by Gasteiger charge is 2.14. The lowest BCUT2D eigenvalue weighted by atomic mass is 10.1. The van der Waals surface area contributed by atoms with E-state index < -0.39 is 0 Å². The van der Waals surface area contributed by atoms with Gasteiger partial charge in [-0.25, -0.2) is 4.79 Å². The lowest BCUT2D eigenvalue weighted by Crippen LogP contribution is -2.22. The number of H-pyrrole nitrogens is 1. The molecule has 0 bridgehead atoms. The van der Waals surface area contributed by atoms with Crippen molar-refractivity contribution in [3.05, 3.63) is 46.1 Å². The van der Waals surface area contributed by atoms with Crippen molar-refractivity contribution in [2.45, 2.75) is 13.0 Å². The fraction of sp³-hybridized carbons (Fsp3) is 0.267. The summed E-state index contributed by atoms with van der Waals surface area (Å²) in [6.45, 7) is 1.92. The van der Waals surface area contributed by atoms with Gasteiger partial charge in [0.25, 0.3) is 0 Å². The average molecular weight is 306 g/mol. The number of aromatic nitrogens is 2. The summed E-state index contributed by atoms with van der Waals surface area (Å²) in [6.07, 6.45) is 1.03. The summed E-state index contributed by atoms with van der Waals surface area (Å²) in [4.78, 5) is 15.0. The molecule has 0 atom stereocenters. The molecule has 0 saturated heterocycles. The van der Waals surface area contributed by atoms with Crippen molar-refractivity contribution in [3.8, 4) is 11.3 Å². The molecule has 4 rings (SSSR count). The highest BCUT2D eigenvalue weighted by atomic mass is 35.5. The molecule has 0 saturated carbocycles. The van der Waals surface area contributed by atoms with Gasteiger partial charge in [-0.15, -0.1) is 12.4 Å². The van der Waals surface area contributed by atoms with Crippen LogP contribution < -0.4 is 11.1 Å². The third-order valence-electron chi connectivity index (χ3n) is 3.96. The van der Waals surface area contributed by atoms with Crippen LogP contribution >= 0.6 is 12.4 Å². The number of oxazole rings is 1. The number of halogens is 1. The van der Waals surface area contributed by atoms with E-state index in [1.54, 1.807) is 7.05 Å². The Kier molecular flexibility index (Phi) is 3.39. The molecular weight excluding hydrogens is 290 g/mol. The summed E-state index contributed by atoms with van der Waals surface area (Å²) in [6, 6.07) is 8.03. The van der Waals surface area contributed by atoms with E-state index >= 15 is 0 Å². The van der Waals surface area contributed by atoms with Crippen LogP contribution in [0.2, 0.25) is 0 Å². The second-order valence-corrected chi connectivity index (χ2v) is 5.22. The fourth-order valence-electron chi connectivity index (χ4n) is 2.81. The number of aromatic amines is 1. The molecular formula is C15H16ClN3O2. The summed E-state index contributed by atoms with van der Waals surface area (Å²) in [5.74, 6) is -0.327. The molecule has 0 radical (unpaired) electrons. The Hall–Kier alpha value is -1.98. The van der Waals surface area contributed by atoms with Gasteiger partial charge in [-0.1, -0.05) is 6.07 Å². The average Bonchev–Trinajstić information content (AvgIpc) is 3.01. The molecule has 5 nitrogen and oxygen atoms in total. The van der Waals surface area contributed by atoms with Gasteiger partial charge in [-0.3, -0.25) is 4.57 Å².